The molecule has 0 fully saturated rings. The topological polar surface area (TPSA) is 54.0 Å². The number of hydrogen-bond donors (Lipinski definition) is 0. The predicted octanol–water partition coefficient (Wildman–Crippen LogP) is 1.36. The average molecular weight is 223 g/mol. The highest BCUT2D eigenvalue weighted by Gasteiger charge is 2.04. The van der Waals surface area contributed by atoms with E-state index in [0.717, 1.165) is 4.47 Å². The van der Waals surface area contributed by atoms with Crippen LogP contribution in [0.25, 0.3) is 5.65 Å². The molecule has 0 N–H and O–H groups in total. The first-order valence-electron chi connectivity index (χ1n) is 3.21. The van der Waals surface area contributed by atoms with E-state index < -0.39 is 0 Å². The molecule has 12 heavy (non-hydrogen) atoms. The van der Waals surface area contributed by atoms with Crippen molar-refractivity contribution in [1.29, 1.82) is 5.26 Å². The molecular formula is C7H3BrN4. The van der Waals surface area contributed by atoms with Crippen LogP contribution in [0.2, 0.25) is 0 Å². The van der Waals surface area contributed by atoms with Gasteiger partial charge in [-0.05, 0) is 22.0 Å². The lowest BCUT2D eigenvalue weighted by molar-refractivity contribution is 0.920. The fraction of sp³-hybridized carbons (Fsp3) is 0. The molecule has 0 aliphatic rings. The van der Waals surface area contributed by atoms with Gasteiger partial charge in [-0.3, -0.25) is 0 Å². The Morgan fingerprint density at radius 3 is 3.17 bits per heavy atom. The van der Waals surface area contributed by atoms with Gasteiger partial charge in [0, 0.05) is 6.20 Å². The maximum Gasteiger partial charge on any atom is 0.170 e. The first kappa shape index (κ1) is 7.25. The summed E-state index contributed by atoms with van der Waals surface area (Å²) >= 11 is 3.27. The molecule has 0 aromatic carbocycles. The molecule has 2 aromatic heterocycles. The van der Waals surface area contributed by atoms with Crippen LogP contribution in [-0.2, 0) is 0 Å². The van der Waals surface area contributed by atoms with Crippen LogP contribution in [0.3, 0.4) is 0 Å². The van der Waals surface area contributed by atoms with Gasteiger partial charge in [-0.1, -0.05) is 0 Å². The summed E-state index contributed by atoms with van der Waals surface area (Å²) in [5.41, 5.74) is 1.14. The highest BCUT2D eigenvalue weighted by molar-refractivity contribution is 9.10. The zero-order valence-electron chi connectivity index (χ0n) is 5.90. The van der Waals surface area contributed by atoms with Crippen molar-refractivity contribution in [3.63, 3.8) is 0 Å². The third-order valence-electron chi connectivity index (χ3n) is 1.47. The average Bonchev–Trinajstić information content (AvgIpc) is 2.48. The normalized spacial score (nSPS) is 10.0. The van der Waals surface area contributed by atoms with Gasteiger partial charge in [0.15, 0.2) is 5.65 Å². The Bertz CT molecular complexity index is 468. The van der Waals surface area contributed by atoms with E-state index in [1.54, 1.807) is 18.5 Å². The van der Waals surface area contributed by atoms with Crippen LogP contribution in [0.5, 0.6) is 0 Å². The molecule has 0 unspecified atom stereocenters. The van der Waals surface area contributed by atoms with Gasteiger partial charge >= 0.3 is 0 Å². The molecule has 0 aliphatic heterocycles. The standard InChI is InChI=1S/C7H3BrN4/c8-6-4-11-12-5(3-9)1-2-10-7(6)12/h1-2,4H. The van der Waals surface area contributed by atoms with Crippen LogP contribution >= 0.6 is 15.9 Å². The summed E-state index contributed by atoms with van der Waals surface area (Å²) in [7, 11) is 0. The van der Waals surface area contributed by atoms with Crippen molar-refractivity contribution in [1.82, 2.24) is 14.6 Å². The van der Waals surface area contributed by atoms with Crippen LogP contribution in [0, 0.1) is 11.3 Å². The van der Waals surface area contributed by atoms with Crippen LogP contribution in [0.1, 0.15) is 5.69 Å². The Kier molecular flexibility index (Phi) is 1.55. The summed E-state index contributed by atoms with van der Waals surface area (Å²) < 4.78 is 2.28. The van der Waals surface area contributed by atoms with E-state index in [1.807, 2.05) is 6.07 Å². The summed E-state index contributed by atoms with van der Waals surface area (Å²) in [6.45, 7) is 0. The molecule has 0 atom stereocenters. The molecule has 0 saturated carbocycles. The summed E-state index contributed by atoms with van der Waals surface area (Å²) in [5, 5.41) is 12.7. The summed E-state index contributed by atoms with van der Waals surface area (Å²) in [5.74, 6) is 0. The van der Waals surface area contributed by atoms with E-state index >= 15 is 0 Å². The molecule has 2 heterocycles. The molecule has 5 heteroatoms. The van der Waals surface area contributed by atoms with Crippen molar-refractivity contribution in [2.75, 3.05) is 0 Å². The van der Waals surface area contributed by atoms with Crippen molar-refractivity contribution in [2.24, 2.45) is 0 Å². The van der Waals surface area contributed by atoms with Gasteiger partial charge in [0.1, 0.15) is 11.8 Å². The molecule has 0 radical (unpaired) electrons. The van der Waals surface area contributed by atoms with Crippen molar-refractivity contribution in [2.45, 2.75) is 0 Å². The molecule has 2 rings (SSSR count). The third-order valence-corrected chi connectivity index (χ3v) is 2.03. The van der Waals surface area contributed by atoms with Gasteiger partial charge in [0.2, 0.25) is 0 Å². The van der Waals surface area contributed by atoms with E-state index in [0.29, 0.717) is 11.3 Å². The molecular weight excluding hydrogens is 220 g/mol. The maximum absolute atomic E-state index is 8.69. The van der Waals surface area contributed by atoms with Crippen LogP contribution in [0.4, 0.5) is 0 Å². The Balaban J connectivity index is 2.92. The molecule has 0 spiro atoms. The number of halogens is 1. The van der Waals surface area contributed by atoms with E-state index in [-0.39, 0.29) is 0 Å². The highest BCUT2D eigenvalue weighted by atomic mass is 79.9. The molecule has 0 saturated heterocycles. The van der Waals surface area contributed by atoms with E-state index in [1.165, 1.54) is 4.52 Å². The number of nitriles is 1. The van der Waals surface area contributed by atoms with Crippen LogP contribution in [0.15, 0.2) is 22.9 Å². The van der Waals surface area contributed by atoms with Gasteiger partial charge in [-0.15, -0.1) is 0 Å². The zero-order chi connectivity index (χ0) is 8.55. The molecule has 0 aliphatic carbocycles. The van der Waals surface area contributed by atoms with Crippen LogP contribution < -0.4 is 0 Å². The van der Waals surface area contributed by atoms with Crippen molar-refractivity contribution >= 4 is 21.6 Å². The lowest BCUT2D eigenvalue weighted by atomic mass is 10.4. The van der Waals surface area contributed by atoms with Gasteiger partial charge in [0.25, 0.3) is 0 Å². The Labute approximate surface area is 76.6 Å². The minimum absolute atomic E-state index is 0.478. The number of fused-ring (bicyclic) bond motifs is 1. The minimum Gasteiger partial charge on any atom is -0.236 e. The molecule has 0 bridgehead atoms. The van der Waals surface area contributed by atoms with Gasteiger partial charge in [0.05, 0.1) is 10.7 Å². The summed E-state index contributed by atoms with van der Waals surface area (Å²) in [4.78, 5) is 4.05. The first-order chi connectivity index (χ1) is 5.83. The quantitative estimate of drug-likeness (QED) is 0.677. The molecule has 4 nitrogen and oxygen atoms in total. The summed E-state index contributed by atoms with van der Waals surface area (Å²) in [6.07, 6.45) is 3.20. The van der Waals surface area contributed by atoms with Gasteiger partial charge in [-0.25, -0.2) is 9.50 Å². The van der Waals surface area contributed by atoms with E-state index in [2.05, 4.69) is 26.0 Å². The van der Waals surface area contributed by atoms with Crippen LogP contribution in [-0.4, -0.2) is 14.6 Å². The van der Waals surface area contributed by atoms with E-state index in [9.17, 15) is 0 Å². The SMILES string of the molecule is N#Cc1ccnc2c(Br)cnn12. The monoisotopic (exact) mass is 222 g/mol. The van der Waals surface area contributed by atoms with Crippen molar-refractivity contribution < 1.29 is 0 Å². The Morgan fingerprint density at radius 1 is 1.58 bits per heavy atom. The van der Waals surface area contributed by atoms with Crippen molar-refractivity contribution in [3.05, 3.63) is 28.6 Å². The zero-order valence-corrected chi connectivity index (χ0v) is 7.48. The minimum atomic E-state index is 0.478. The lowest BCUT2D eigenvalue weighted by Crippen LogP contribution is -1.94. The Morgan fingerprint density at radius 2 is 2.42 bits per heavy atom. The predicted molar refractivity (Wildman–Crippen MR) is 45.4 cm³/mol. The van der Waals surface area contributed by atoms with Gasteiger partial charge < -0.3 is 0 Å². The lowest BCUT2D eigenvalue weighted by Gasteiger charge is -1.93. The van der Waals surface area contributed by atoms with Crippen molar-refractivity contribution in [3.8, 4) is 6.07 Å². The number of nitrogens with zero attached hydrogens (tertiary/aromatic N) is 4. The van der Waals surface area contributed by atoms with E-state index in [4.69, 9.17) is 5.26 Å². The largest absolute Gasteiger partial charge is 0.236 e. The second-order valence-electron chi connectivity index (χ2n) is 2.17. The highest BCUT2D eigenvalue weighted by Crippen LogP contribution is 2.15. The molecule has 0 amide bonds. The summed E-state index contributed by atoms with van der Waals surface area (Å²) in [6, 6.07) is 3.64. The number of hydrogen-bond acceptors (Lipinski definition) is 3. The maximum atomic E-state index is 8.69. The second-order valence-corrected chi connectivity index (χ2v) is 3.02. The number of aromatic nitrogens is 3. The first-order valence-corrected chi connectivity index (χ1v) is 4.00. The Hall–Kier alpha value is -1.41. The molecule has 2 aromatic rings. The van der Waals surface area contributed by atoms with Gasteiger partial charge in [-0.2, -0.15) is 10.4 Å². The smallest absolute Gasteiger partial charge is 0.170 e. The fourth-order valence-corrected chi connectivity index (χ4v) is 1.31. The molecule has 58 valence electrons. The second kappa shape index (κ2) is 2.57. The fourth-order valence-electron chi connectivity index (χ4n) is 0.948. The third kappa shape index (κ3) is 0.889. The number of rotatable bonds is 0.